The highest BCUT2D eigenvalue weighted by Gasteiger charge is 2.33. The van der Waals surface area contributed by atoms with Crippen molar-refractivity contribution in [1.82, 2.24) is 9.80 Å². The number of benzene rings is 1. The smallest absolute Gasteiger partial charge is 0.0475 e. The van der Waals surface area contributed by atoms with Crippen LogP contribution < -0.4 is 0 Å². The molecule has 0 saturated carbocycles. The summed E-state index contributed by atoms with van der Waals surface area (Å²) in [5, 5.41) is 10.5. The first-order valence-corrected chi connectivity index (χ1v) is 8.92. The van der Waals surface area contributed by atoms with Crippen molar-refractivity contribution in [3.8, 4) is 0 Å². The Morgan fingerprint density at radius 1 is 1.05 bits per heavy atom. The number of aliphatic hydroxyl groups is 1. The Kier molecular flexibility index (Phi) is 5.75. The molecule has 2 aliphatic rings. The van der Waals surface area contributed by atoms with Gasteiger partial charge in [0.25, 0.3) is 0 Å². The van der Waals surface area contributed by atoms with Gasteiger partial charge in [-0.05, 0) is 55.5 Å². The van der Waals surface area contributed by atoms with E-state index < -0.39 is 0 Å². The van der Waals surface area contributed by atoms with Crippen molar-refractivity contribution in [1.29, 1.82) is 0 Å². The molecule has 22 heavy (non-hydrogen) atoms. The van der Waals surface area contributed by atoms with Crippen LogP contribution in [0.1, 0.15) is 24.8 Å². The summed E-state index contributed by atoms with van der Waals surface area (Å²) in [7, 11) is 0. The van der Waals surface area contributed by atoms with Crippen LogP contribution in [0.2, 0.25) is 5.02 Å². The van der Waals surface area contributed by atoms with Gasteiger partial charge in [-0.1, -0.05) is 30.2 Å². The van der Waals surface area contributed by atoms with Crippen LogP contribution in [0.4, 0.5) is 0 Å². The summed E-state index contributed by atoms with van der Waals surface area (Å²) in [5.41, 5.74) is 1.27. The summed E-state index contributed by atoms with van der Waals surface area (Å²) in [6, 6.07) is 8.12. The Morgan fingerprint density at radius 2 is 1.82 bits per heavy atom. The summed E-state index contributed by atoms with van der Waals surface area (Å²) in [6.07, 6.45) is 4.05. The number of aliphatic hydroxyl groups excluding tert-OH is 1. The third-order valence-electron chi connectivity index (χ3n) is 5.12. The van der Waals surface area contributed by atoms with Gasteiger partial charge in [0.15, 0.2) is 0 Å². The minimum Gasteiger partial charge on any atom is -0.396 e. The monoisotopic (exact) mass is 322 g/mol. The van der Waals surface area contributed by atoms with Crippen molar-refractivity contribution in [3.05, 3.63) is 34.9 Å². The molecule has 2 aliphatic heterocycles. The highest BCUT2D eigenvalue weighted by atomic mass is 35.5. The number of likely N-dealkylation sites (tertiary alicyclic amines) is 2. The van der Waals surface area contributed by atoms with Gasteiger partial charge in [-0.15, -0.1) is 0 Å². The van der Waals surface area contributed by atoms with E-state index in [1.807, 2.05) is 18.2 Å². The Labute approximate surface area is 138 Å². The lowest BCUT2D eigenvalue weighted by atomic mass is 9.95. The van der Waals surface area contributed by atoms with Gasteiger partial charge in [-0.25, -0.2) is 0 Å². The quantitative estimate of drug-likeness (QED) is 0.903. The average Bonchev–Trinajstić information content (AvgIpc) is 2.90. The van der Waals surface area contributed by atoms with E-state index in [2.05, 4.69) is 15.9 Å². The fourth-order valence-corrected chi connectivity index (χ4v) is 4.16. The van der Waals surface area contributed by atoms with Crippen molar-refractivity contribution < 1.29 is 5.11 Å². The number of halogens is 1. The minimum absolute atomic E-state index is 0.310. The molecule has 2 fully saturated rings. The lowest BCUT2D eigenvalue weighted by molar-refractivity contribution is 0.149. The number of piperidine rings is 1. The molecule has 0 bridgehead atoms. The molecule has 3 nitrogen and oxygen atoms in total. The Morgan fingerprint density at radius 3 is 2.55 bits per heavy atom. The van der Waals surface area contributed by atoms with Gasteiger partial charge in [-0.3, -0.25) is 4.90 Å². The Bertz CT molecular complexity index is 476. The molecule has 0 aromatic heterocycles. The summed E-state index contributed by atoms with van der Waals surface area (Å²) >= 11 is 6.08. The normalized spacial score (nSPS) is 27.4. The van der Waals surface area contributed by atoms with Gasteiger partial charge in [0, 0.05) is 37.8 Å². The van der Waals surface area contributed by atoms with Crippen LogP contribution in [0.15, 0.2) is 24.3 Å². The SMILES string of the molecule is OC[C@@H]1CN(Cc2cccc(Cl)c2)C[C@@H]1CN1CCCCC1. The molecule has 0 radical (unpaired) electrons. The van der Waals surface area contributed by atoms with Gasteiger partial charge < -0.3 is 10.0 Å². The summed E-state index contributed by atoms with van der Waals surface area (Å²) in [4.78, 5) is 5.07. The van der Waals surface area contributed by atoms with E-state index >= 15 is 0 Å². The van der Waals surface area contributed by atoms with Crippen LogP contribution >= 0.6 is 11.6 Å². The number of hydrogen-bond acceptors (Lipinski definition) is 3. The molecule has 0 spiro atoms. The fraction of sp³-hybridized carbons (Fsp3) is 0.667. The Balaban J connectivity index is 1.56. The molecule has 1 aromatic rings. The van der Waals surface area contributed by atoms with Crippen LogP contribution in [-0.4, -0.2) is 54.2 Å². The highest BCUT2D eigenvalue weighted by molar-refractivity contribution is 6.30. The van der Waals surface area contributed by atoms with E-state index in [9.17, 15) is 5.11 Å². The average molecular weight is 323 g/mol. The predicted octanol–water partition coefficient (Wildman–Crippen LogP) is 2.87. The van der Waals surface area contributed by atoms with E-state index in [0.29, 0.717) is 18.4 Å². The van der Waals surface area contributed by atoms with Crippen molar-refractivity contribution in [2.24, 2.45) is 11.8 Å². The van der Waals surface area contributed by atoms with Crippen molar-refractivity contribution in [3.63, 3.8) is 0 Å². The zero-order chi connectivity index (χ0) is 15.4. The van der Waals surface area contributed by atoms with Crippen molar-refractivity contribution in [2.45, 2.75) is 25.8 Å². The van der Waals surface area contributed by atoms with Gasteiger partial charge in [-0.2, -0.15) is 0 Å². The molecule has 0 unspecified atom stereocenters. The van der Waals surface area contributed by atoms with E-state index in [1.54, 1.807) is 0 Å². The summed E-state index contributed by atoms with van der Waals surface area (Å²) < 4.78 is 0. The number of nitrogens with zero attached hydrogens (tertiary/aromatic N) is 2. The lowest BCUT2D eigenvalue weighted by Crippen LogP contribution is -2.37. The second-order valence-corrected chi connectivity index (χ2v) is 7.32. The van der Waals surface area contributed by atoms with E-state index in [0.717, 1.165) is 31.2 Å². The standard InChI is InChI=1S/C18H27ClN2O/c19-18-6-4-5-15(9-18)10-21-12-16(17(13-21)14-22)11-20-7-2-1-3-8-20/h4-6,9,16-17,22H,1-3,7-8,10-14H2/t16-,17-/m0/s1. The highest BCUT2D eigenvalue weighted by Crippen LogP contribution is 2.27. The van der Waals surface area contributed by atoms with Crippen LogP contribution in [0, 0.1) is 11.8 Å². The summed E-state index contributed by atoms with van der Waals surface area (Å²) in [5.74, 6) is 1.02. The van der Waals surface area contributed by atoms with E-state index in [1.165, 1.54) is 37.9 Å². The van der Waals surface area contributed by atoms with E-state index in [4.69, 9.17) is 11.6 Å². The topological polar surface area (TPSA) is 26.7 Å². The molecule has 122 valence electrons. The summed E-state index contributed by atoms with van der Waals surface area (Å²) in [6.45, 7) is 6.97. The molecule has 2 heterocycles. The first-order valence-electron chi connectivity index (χ1n) is 8.54. The second-order valence-electron chi connectivity index (χ2n) is 6.89. The third kappa shape index (κ3) is 4.23. The number of hydrogen-bond donors (Lipinski definition) is 1. The number of rotatable bonds is 5. The van der Waals surface area contributed by atoms with E-state index in [-0.39, 0.29) is 0 Å². The molecular weight excluding hydrogens is 296 g/mol. The molecule has 2 atom stereocenters. The lowest BCUT2D eigenvalue weighted by Gasteiger charge is -2.30. The third-order valence-corrected chi connectivity index (χ3v) is 5.36. The maximum atomic E-state index is 9.73. The molecular formula is C18H27ClN2O. The van der Waals surface area contributed by atoms with Crippen molar-refractivity contribution >= 4 is 11.6 Å². The molecule has 0 amide bonds. The molecule has 1 N–H and O–H groups in total. The van der Waals surface area contributed by atoms with Crippen LogP contribution in [-0.2, 0) is 6.54 Å². The molecule has 0 aliphatic carbocycles. The zero-order valence-corrected chi connectivity index (χ0v) is 14.0. The molecule has 1 aromatic carbocycles. The minimum atomic E-state index is 0.310. The van der Waals surface area contributed by atoms with Crippen LogP contribution in [0.25, 0.3) is 0 Å². The van der Waals surface area contributed by atoms with Crippen LogP contribution in [0.3, 0.4) is 0 Å². The predicted molar refractivity (Wildman–Crippen MR) is 91.1 cm³/mol. The maximum absolute atomic E-state index is 9.73. The Hall–Kier alpha value is -0.610. The molecule has 4 heteroatoms. The molecule has 3 rings (SSSR count). The van der Waals surface area contributed by atoms with Crippen LogP contribution in [0.5, 0.6) is 0 Å². The second kappa shape index (κ2) is 7.78. The van der Waals surface area contributed by atoms with Crippen molar-refractivity contribution in [2.75, 3.05) is 39.3 Å². The van der Waals surface area contributed by atoms with Gasteiger partial charge in [0.05, 0.1) is 0 Å². The molecule has 2 saturated heterocycles. The zero-order valence-electron chi connectivity index (χ0n) is 13.3. The maximum Gasteiger partial charge on any atom is 0.0475 e. The van der Waals surface area contributed by atoms with Gasteiger partial charge in [0.2, 0.25) is 0 Å². The largest absolute Gasteiger partial charge is 0.396 e. The first kappa shape index (κ1) is 16.3. The van der Waals surface area contributed by atoms with Gasteiger partial charge >= 0.3 is 0 Å². The first-order chi connectivity index (χ1) is 10.7. The van der Waals surface area contributed by atoms with Gasteiger partial charge in [0.1, 0.15) is 0 Å². The fourth-order valence-electron chi connectivity index (χ4n) is 3.95.